The number of carbonyl (C=O) groups excluding carboxylic acids is 1. The minimum absolute atomic E-state index is 0.196. The molecule has 1 aromatic heterocycles. The summed E-state index contributed by atoms with van der Waals surface area (Å²) in [4.78, 5) is 16.6. The van der Waals surface area contributed by atoms with Gasteiger partial charge < -0.3 is 15.8 Å². The lowest BCUT2D eigenvalue weighted by Crippen LogP contribution is -2.11. The molecule has 0 unspecified atom stereocenters. The molecule has 3 N–H and O–H groups in total. The van der Waals surface area contributed by atoms with Gasteiger partial charge in [0.15, 0.2) is 5.13 Å². The molecule has 2 aromatic carbocycles. The molecule has 3 rings (SSSR count). The predicted molar refractivity (Wildman–Crippen MR) is 92.9 cm³/mol. The molecule has 0 saturated carbocycles. The highest BCUT2D eigenvalue weighted by Crippen LogP contribution is 2.25. The van der Waals surface area contributed by atoms with Gasteiger partial charge in [-0.3, -0.25) is 4.79 Å². The number of hydrogen-bond donors (Lipinski definition) is 2. The number of amides is 1. The van der Waals surface area contributed by atoms with E-state index in [2.05, 4.69) is 10.3 Å². The highest BCUT2D eigenvalue weighted by atomic mass is 32.1. The van der Waals surface area contributed by atoms with Crippen molar-refractivity contribution in [2.75, 3.05) is 18.2 Å². The number of rotatable bonds is 4. The van der Waals surface area contributed by atoms with E-state index in [9.17, 15) is 4.79 Å². The van der Waals surface area contributed by atoms with Crippen molar-refractivity contribution < 1.29 is 9.53 Å². The van der Waals surface area contributed by atoms with E-state index >= 15 is 0 Å². The fraction of sp³-hybridized carbons (Fsp3) is 0.0588. The van der Waals surface area contributed by atoms with Gasteiger partial charge in [0, 0.05) is 22.2 Å². The maximum Gasteiger partial charge on any atom is 0.255 e. The van der Waals surface area contributed by atoms with Crippen LogP contribution in [0.1, 0.15) is 10.4 Å². The minimum Gasteiger partial charge on any atom is -0.497 e. The number of anilines is 2. The molecule has 3 aromatic rings. The molecule has 0 aliphatic rings. The maximum atomic E-state index is 12.3. The van der Waals surface area contributed by atoms with Crippen LogP contribution < -0.4 is 15.8 Å². The summed E-state index contributed by atoms with van der Waals surface area (Å²) in [7, 11) is 1.57. The second-order valence-electron chi connectivity index (χ2n) is 4.84. The Morgan fingerprint density at radius 2 is 2.04 bits per heavy atom. The van der Waals surface area contributed by atoms with Crippen molar-refractivity contribution in [2.45, 2.75) is 0 Å². The lowest BCUT2D eigenvalue weighted by atomic mass is 10.1. The van der Waals surface area contributed by atoms with Gasteiger partial charge in [-0.1, -0.05) is 18.2 Å². The maximum absolute atomic E-state index is 12.3. The third kappa shape index (κ3) is 3.49. The summed E-state index contributed by atoms with van der Waals surface area (Å²) in [6.07, 6.45) is 0. The number of aromatic nitrogens is 1. The first kappa shape index (κ1) is 15.1. The van der Waals surface area contributed by atoms with Crippen LogP contribution in [0, 0.1) is 0 Å². The summed E-state index contributed by atoms with van der Waals surface area (Å²) < 4.78 is 5.14. The van der Waals surface area contributed by atoms with Crippen molar-refractivity contribution in [3.63, 3.8) is 0 Å². The summed E-state index contributed by atoms with van der Waals surface area (Å²) in [5.74, 6) is 0.447. The van der Waals surface area contributed by atoms with Gasteiger partial charge in [0.05, 0.1) is 12.8 Å². The Bertz CT molecular complexity index is 845. The quantitative estimate of drug-likeness (QED) is 0.767. The topological polar surface area (TPSA) is 77.2 Å². The SMILES string of the molecule is COc1cccc(C(=O)Nc2cccc(-c3csc(N)n3)c2)c1. The Kier molecular flexibility index (Phi) is 4.25. The largest absolute Gasteiger partial charge is 0.497 e. The zero-order valence-corrected chi connectivity index (χ0v) is 13.3. The number of hydrogen-bond acceptors (Lipinski definition) is 5. The summed E-state index contributed by atoms with van der Waals surface area (Å²) >= 11 is 1.39. The summed E-state index contributed by atoms with van der Waals surface area (Å²) in [6, 6.07) is 14.5. The Morgan fingerprint density at radius 3 is 2.78 bits per heavy atom. The predicted octanol–water partition coefficient (Wildman–Crippen LogP) is 3.65. The Labute approximate surface area is 137 Å². The standard InChI is InChI=1S/C17H15N3O2S/c1-22-14-7-3-5-12(9-14)16(21)19-13-6-2-4-11(8-13)15-10-23-17(18)20-15/h2-10H,1H3,(H2,18,20)(H,19,21). The van der Waals surface area contributed by atoms with Crippen LogP contribution in [-0.4, -0.2) is 18.0 Å². The molecule has 5 nitrogen and oxygen atoms in total. The number of carbonyl (C=O) groups is 1. The van der Waals surface area contributed by atoms with Gasteiger partial charge in [-0.2, -0.15) is 0 Å². The van der Waals surface area contributed by atoms with Crippen molar-refractivity contribution in [2.24, 2.45) is 0 Å². The number of ether oxygens (including phenoxy) is 1. The third-order valence-corrected chi connectivity index (χ3v) is 3.94. The van der Waals surface area contributed by atoms with Crippen LogP contribution in [0.2, 0.25) is 0 Å². The number of methoxy groups -OCH3 is 1. The average Bonchev–Trinajstić information content (AvgIpc) is 3.02. The number of thiazole rings is 1. The fourth-order valence-corrected chi connectivity index (χ4v) is 2.72. The number of benzene rings is 2. The zero-order valence-electron chi connectivity index (χ0n) is 12.4. The molecule has 0 saturated heterocycles. The zero-order chi connectivity index (χ0) is 16.2. The molecule has 0 fully saturated rings. The molecule has 0 bridgehead atoms. The number of nitrogens with two attached hydrogens (primary N) is 1. The van der Waals surface area contributed by atoms with Gasteiger partial charge >= 0.3 is 0 Å². The molecule has 0 atom stereocenters. The second kappa shape index (κ2) is 6.50. The van der Waals surface area contributed by atoms with E-state index in [1.54, 1.807) is 31.4 Å². The molecular formula is C17H15N3O2S. The molecule has 1 amide bonds. The van der Waals surface area contributed by atoms with Crippen LogP contribution in [0.15, 0.2) is 53.9 Å². The molecule has 1 heterocycles. The molecule has 0 spiro atoms. The highest BCUT2D eigenvalue weighted by molar-refractivity contribution is 7.13. The molecule has 23 heavy (non-hydrogen) atoms. The van der Waals surface area contributed by atoms with Gasteiger partial charge in [-0.15, -0.1) is 11.3 Å². The normalized spacial score (nSPS) is 10.3. The van der Waals surface area contributed by atoms with Gasteiger partial charge in [0.25, 0.3) is 5.91 Å². The van der Waals surface area contributed by atoms with E-state index in [4.69, 9.17) is 10.5 Å². The molecular weight excluding hydrogens is 310 g/mol. The lowest BCUT2D eigenvalue weighted by Gasteiger charge is -2.08. The van der Waals surface area contributed by atoms with Crippen molar-refractivity contribution in [1.82, 2.24) is 4.98 Å². The van der Waals surface area contributed by atoms with Crippen LogP contribution in [-0.2, 0) is 0 Å². The number of nitrogen functional groups attached to an aromatic ring is 1. The minimum atomic E-state index is -0.196. The van der Waals surface area contributed by atoms with Crippen LogP contribution in [0.25, 0.3) is 11.3 Å². The summed E-state index contributed by atoms with van der Waals surface area (Å²) in [5, 5.41) is 5.28. The van der Waals surface area contributed by atoms with E-state index in [0.717, 1.165) is 11.3 Å². The van der Waals surface area contributed by atoms with Crippen LogP contribution in [0.3, 0.4) is 0 Å². The average molecular weight is 325 g/mol. The monoisotopic (exact) mass is 325 g/mol. The van der Waals surface area contributed by atoms with Crippen LogP contribution >= 0.6 is 11.3 Å². The van der Waals surface area contributed by atoms with Crippen molar-refractivity contribution in [3.05, 3.63) is 59.5 Å². The van der Waals surface area contributed by atoms with Gasteiger partial charge in [-0.25, -0.2) is 4.98 Å². The van der Waals surface area contributed by atoms with E-state index in [-0.39, 0.29) is 5.91 Å². The fourth-order valence-electron chi connectivity index (χ4n) is 2.14. The molecule has 0 aliphatic carbocycles. The second-order valence-corrected chi connectivity index (χ2v) is 5.73. The molecule has 0 radical (unpaired) electrons. The van der Waals surface area contributed by atoms with Crippen molar-refractivity contribution >= 4 is 28.1 Å². The lowest BCUT2D eigenvalue weighted by molar-refractivity contribution is 0.102. The van der Waals surface area contributed by atoms with Gasteiger partial charge in [0.2, 0.25) is 0 Å². The number of nitrogens with zero attached hydrogens (tertiary/aromatic N) is 1. The van der Waals surface area contributed by atoms with E-state index < -0.39 is 0 Å². The van der Waals surface area contributed by atoms with Crippen LogP contribution in [0.5, 0.6) is 5.75 Å². The Hall–Kier alpha value is -2.86. The summed E-state index contributed by atoms with van der Waals surface area (Å²) in [5.41, 5.74) is 8.60. The highest BCUT2D eigenvalue weighted by Gasteiger charge is 2.09. The van der Waals surface area contributed by atoms with Gasteiger partial charge in [0.1, 0.15) is 5.75 Å². The first-order chi connectivity index (χ1) is 11.2. The van der Waals surface area contributed by atoms with E-state index in [1.165, 1.54) is 11.3 Å². The van der Waals surface area contributed by atoms with E-state index in [0.29, 0.717) is 22.1 Å². The van der Waals surface area contributed by atoms with E-state index in [1.807, 2.05) is 29.6 Å². The summed E-state index contributed by atoms with van der Waals surface area (Å²) in [6.45, 7) is 0. The molecule has 6 heteroatoms. The smallest absolute Gasteiger partial charge is 0.255 e. The van der Waals surface area contributed by atoms with Crippen molar-refractivity contribution in [3.8, 4) is 17.0 Å². The third-order valence-electron chi connectivity index (χ3n) is 3.27. The first-order valence-corrected chi connectivity index (χ1v) is 7.80. The molecule has 0 aliphatic heterocycles. The van der Waals surface area contributed by atoms with Crippen LogP contribution in [0.4, 0.5) is 10.8 Å². The Balaban J connectivity index is 1.81. The Morgan fingerprint density at radius 1 is 1.22 bits per heavy atom. The first-order valence-electron chi connectivity index (χ1n) is 6.92. The molecule has 116 valence electrons. The number of nitrogens with one attached hydrogen (secondary N) is 1. The van der Waals surface area contributed by atoms with Crippen molar-refractivity contribution in [1.29, 1.82) is 0 Å². The van der Waals surface area contributed by atoms with Gasteiger partial charge in [-0.05, 0) is 30.3 Å².